The van der Waals surface area contributed by atoms with E-state index in [2.05, 4.69) is 24.1 Å². The van der Waals surface area contributed by atoms with Crippen LogP contribution in [-0.2, 0) is 0 Å². The Bertz CT molecular complexity index is 271. The first kappa shape index (κ1) is 9.97. The molecule has 1 saturated carbocycles. The van der Waals surface area contributed by atoms with Gasteiger partial charge in [-0.2, -0.15) is 0 Å². The first-order valence-electron chi connectivity index (χ1n) is 5.41. The predicted molar refractivity (Wildman–Crippen MR) is 61.7 cm³/mol. The highest BCUT2D eigenvalue weighted by Gasteiger charge is 2.25. The number of nitrogens with one attached hydrogen (secondary N) is 1. The fourth-order valence-corrected chi connectivity index (χ4v) is 2.92. The average molecular weight is 210 g/mol. The molecule has 3 unspecified atom stereocenters. The van der Waals surface area contributed by atoms with Gasteiger partial charge in [0, 0.05) is 17.6 Å². The lowest BCUT2D eigenvalue weighted by molar-refractivity contribution is 0.276. The highest BCUT2D eigenvalue weighted by Crippen LogP contribution is 2.30. The molecule has 14 heavy (non-hydrogen) atoms. The van der Waals surface area contributed by atoms with Crippen molar-refractivity contribution < 1.29 is 0 Å². The van der Waals surface area contributed by atoms with E-state index in [0.29, 0.717) is 6.04 Å². The summed E-state index contributed by atoms with van der Waals surface area (Å²) in [4.78, 5) is 4.27. The van der Waals surface area contributed by atoms with Crippen LogP contribution in [0, 0.1) is 11.8 Å². The zero-order valence-corrected chi connectivity index (χ0v) is 9.68. The normalized spacial score (nSPS) is 32.9. The minimum absolute atomic E-state index is 0.636. The van der Waals surface area contributed by atoms with Gasteiger partial charge >= 0.3 is 0 Å². The Morgan fingerprint density at radius 3 is 2.93 bits per heavy atom. The molecule has 1 aromatic rings. The third kappa shape index (κ3) is 2.27. The fourth-order valence-electron chi connectivity index (χ4n) is 2.33. The second-order valence-corrected chi connectivity index (χ2v) is 5.38. The van der Waals surface area contributed by atoms with E-state index in [1.165, 1.54) is 19.3 Å². The van der Waals surface area contributed by atoms with Gasteiger partial charge in [0.2, 0.25) is 0 Å². The van der Waals surface area contributed by atoms with Gasteiger partial charge in [-0.25, -0.2) is 4.98 Å². The minimum Gasteiger partial charge on any atom is -0.359 e. The van der Waals surface area contributed by atoms with E-state index < -0.39 is 0 Å². The van der Waals surface area contributed by atoms with Gasteiger partial charge in [-0.05, 0) is 31.1 Å². The van der Waals surface area contributed by atoms with Crippen LogP contribution in [0.5, 0.6) is 0 Å². The summed E-state index contributed by atoms with van der Waals surface area (Å²) >= 11 is 1.70. The van der Waals surface area contributed by atoms with Gasteiger partial charge in [-0.15, -0.1) is 11.3 Å². The Hall–Kier alpha value is -0.570. The molecule has 1 heterocycles. The van der Waals surface area contributed by atoms with Crippen molar-refractivity contribution in [3.8, 4) is 0 Å². The van der Waals surface area contributed by atoms with Gasteiger partial charge in [-0.1, -0.05) is 13.8 Å². The van der Waals surface area contributed by atoms with Gasteiger partial charge in [0.15, 0.2) is 5.13 Å². The third-order valence-electron chi connectivity index (χ3n) is 3.17. The van der Waals surface area contributed by atoms with Crippen LogP contribution in [-0.4, -0.2) is 11.0 Å². The maximum Gasteiger partial charge on any atom is 0.182 e. The van der Waals surface area contributed by atoms with Gasteiger partial charge < -0.3 is 5.32 Å². The van der Waals surface area contributed by atoms with Gasteiger partial charge in [-0.3, -0.25) is 0 Å². The zero-order valence-electron chi connectivity index (χ0n) is 8.86. The van der Waals surface area contributed by atoms with Crippen LogP contribution in [0.1, 0.15) is 33.1 Å². The Kier molecular flexibility index (Phi) is 3.06. The Morgan fingerprint density at radius 1 is 1.43 bits per heavy atom. The number of thiazole rings is 1. The summed E-state index contributed by atoms with van der Waals surface area (Å²) in [5.41, 5.74) is 0. The van der Waals surface area contributed by atoms with Crippen molar-refractivity contribution in [1.82, 2.24) is 4.98 Å². The van der Waals surface area contributed by atoms with Crippen molar-refractivity contribution in [1.29, 1.82) is 0 Å². The lowest BCUT2D eigenvalue weighted by atomic mass is 9.80. The monoisotopic (exact) mass is 210 g/mol. The summed E-state index contributed by atoms with van der Waals surface area (Å²) in [5, 5.41) is 6.64. The molecule has 0 saturated heterocycles. The summed E-state index contributed by atoms with van der Waals surface area (Å²) < 4.78 is 0. The zero-order chi connectivity index (χ0) is 9.97. The van der Waals surface area contributed by atoms with Crippen LogP contribution in [0.4, 0.5) is 5.13 Å². The molecular weight excluding hydrogens is 192 g/mol. The highest BCUT2D eigenvalue weighted by atomic mass is 32.1. The van der Waals surface area contributed by atoms with Crippen molar-refractivity contribution in [2.45, 2.75) is 39.2 Å². The number of rotatable bonds is 2. The molecule has 2 rings (SSSR count). The second-order valence-electron chi connectivity index (χ2n) is 4.48. The minimum atomic E-state index is 0.636. The Labute approximate surface area is 89.8 Å². The molecule has 78 valence electrons. The van der Waals surface area contributed by atoms with Crippen molar-refractivity contribution in [2.75, 3.05) is 5.32 Å². The quantitative estimate of drug-likeness (QED) is 0.809. The molecule has 0 radical (unpaired) electrons. The van der Waals surface area contributed by atoms with Crippen LogP contribution < -0.4 is 5.32 Å². The smallest absolute Gasteiger partial charge is 0.182 e. The van der Waals surface area contributed by atoms with E-state index >= 15 is 0 Å². The summed E-state index contributed by atoms with van der Waals surface area (Å²) in [6.07, 6.45) is 5.86. The predicted octanol–water partition coefficient (Wildman–Crippen LogP) is 3.38. The molecule has 0 bridgehead atoms. The SMILES string of the molecule is CC1CCC(Nc2nccs2)C(C)C1. The van der Waals surface area contributed by atoms with E-state index in [1.54, 1.807) is 11.3 Å². The van der Waals surface area contributed by atoms with Crippen LogP contribution in [0.3, 0.4) is 0 Å². The summed E-state index contributed by atoms with van der Waals surface area (Å²) in [6.45, 7) is 4.71. The van der Waals surface area contributed by atoms with E-state index in [9.17, 15) is 0 Å². The van der Waals surface area contributed by atoms with Crippen LogP contribution in [0.25, 0.3) is 0 Å². The highest BCUT2D eigenvalue weighted by molar-refractivity contribution is 7.13. The first-order chi connectivity index (χ1) is 6.75. The van der Waals surface area contributed by atoms with E-state index in [4.69, 9.17) is 0 Å². The van der Waals surface area contributed by atoms with Gasteiger partial charge in [0.05, 0.1) is 0 Å². The molecule has 0 spiro atoms. The average Bonchev–Trinajstić information content (AvgIpc) is 2.62. The van der Waals surface area contributed by atoms with Gasteiger partial charge in [0.1, 0.15) is 0 Å². The number of hydrogen-bond acceptors (Lipinski definition) is 3. The number of nitrogens with zero attached hydrogens (tertiary/aromatic N) is 1. The molecule has 2 nitrogen and oxygen atoms in total. The molecular formula is C11H18N2S. The van der Waals surface area contributed by atoms with Crippen LogP contribution >= 0.6 is 11.3 Å². The fraction of sp³-hybridized carbons (Fsp3) is 0.727. The molecule has 3 heteroatoms. The van der Waals surface area contributed by atoms with E-state index in [0.717, 1.165) is 17.0 Å². The van der Waals surface area contributed by atoms with Crippen LogP contribution in [0.2, 0.25) is 0 Å². The van der Waals surface area contributed by atoms with E-state index in [-0.39, 0.29) is 0 Å². The van der Waals surface area contributed by atoms with Crippen molar-refractivity contribution >= 4 is 16.5 Å². The van der Waals surface area contributed by atoms with Crippen LogP contribution in [0.15, 0.2) is 11.6 Å². The van der Waals surface area contributed by atoms with Gasteiger partial charge in [0.25, 0.3) is 0 Å². The molecule has 0 aliphatic heterocycles. The molecule has 1 aliphatic carbocycles. The Balaban J connectivity index is 1.92. The summed E-state index contributed by atoms with van der Waals surface area (Å²) in [6, 6.07) is 0.636. The van der Waals surface area contributed by atoms with Crippen molar-refractivity contribution in [2.24, 2.45) is 11.8 Å². The molecule has 0 aromatic carbocycles. The number of aromatic nitrogens is 1. The molecule has 1 aliphatic rings. The van der Waals surface area contributed by atoms with E-state index in [1.807, 2.05) is 11.6 Å². The summed E-state index contributed by atoms with van der Waals surface area (Å²) in [7, 11) is 0. The van der Waals surface area contributed by atoms with Crippen molar-refractivity contribution in [3.63, 3.8) is 0 Å². The lowest BCUT2D eigenvalue weighted by Crippen LogP contribution is -2.32. The molecule has 1 fully saturated rings. The standard InChI is InChI=1S/C11H18N2S/c1-8-3-4-10(9(2)7-8)13-11-12-5-6-14-11/h5-6,8-10H,3-4,7H2,1-2H3,(H,12,13). The largest absolute Gasteiger partial charge is 0.359 e. The molecule has 1 N–H and O–H groups in total. The Morgan fingerprint density at radius 2 is 2.29 bits per heavy atom. The third-order valence-corrected chi connectivity index (χ3v) is 3.88. The molecule has 0 amide bonds. The molecule has 3 atom stereocenters. The maximum absolute atomic E-state index is 4.27. The summed E-state index contributed by atoms with van der Waals surface area (Å²) in [5.74, 6) is 1.68. The first-order valence-corrected chi connectivity index (χ1v) is 6.29. The topological polar surface area (TPSA) is 24.9 Å². The number of hydrogen-bond donors (Lipinski definition) is 1. The molecule has 1 aromatic heterocycles. The number of anilines is 1. The second kappa shape index (κ2) is 4.30. The maximum atomic E-state index is 4.27. The van der Waals surface area contributed by atoms with Crippen molar-refractivity contribution in [3.05, 3.63) is 11.6 Å². The lowest BCUT2D eigenvalue weighted by Gasteiger charge is -2.32.